The molecule has 0 heterocycles. The van der Waals surface area contributed by atoms with Gasteiger partial charge in [-0.15, -0.1) is 0 Å². The van der Waals surface area contributed by atoms with Gasteiger partial charge in [-0.05, 0) is 56.9 Å². The Morgan fingerprint density at radius 2 is 1.96 bits per heavy atom. The van der Waals surface area contributed by atoms with E-state index in [1.54, 1.807) is 31.2 Å². The molecule has 1 amide bonds. The summed E-state index contributed by atoms with van der Waals surface area (Å²) < 4.78 is 19.1. The van der Waals surface area contributed by atoms with Gasteiger partial charge in [0.05, 0.1) is 11.1 Å². The molecule has 0 saturated carbocycles. The first kappa shape index (κ1) is 20.5. The second-order valence-electron chi connectivity index (χ2n) is 6.11. The predicted molar refractivity (Wildman–Crippen MR) is 102 cm³/mol. The zero-order valence-corrected chi connectivity index (χ0v) is 16.3. The number of benzene rings is 2. The van der Waals surface area contributed by atoms with Crippen LogP contribution >= 0.6 is 23.2 Å². The highest BCUT2D eigenvalue weighted by Crippen LogP contribution is 2.28. The van der Waals surface area contributed by atoms with E-state index in [1.807, 2.05) is 25.1 Å². The first-order chi connectivity index (χ1) is 12.3. The number of rotatable bonds is 7. The third-order valence-electron chi connectivity index (χ3n) is 3.89. The van der Waals surface area contributed by atoms with Crippen molar-refractivity contribution in [1.29, 1.82) is 0 Å². The third kappa shape index (κ3) is 5.59. The number of hydrogen-bond acceptors (Lipinski definition) is 3. The van der Waals surface area contributed by atoms with Crippen LogP contribution < -0.4 is 10.1 Å². The summed E-state index contributed by atoms with van der Waals surface area (Å²) in [5, 5.41) is 3.66. The van der Waals surface area contributed by atoms with Crippen molar-refractivity contribution in [3.63, 3.8) is 0 Å². The smallest absolute Gasteiger partial charge is 0.260 e. The van der Waals surface area contributed by atoms with E-state index >= 15 is 0 Å². The predicted octanol–water partition coefficient (Wildman–Crippen LogP) is 4.32. The van der Waals surface area contributed by atoms with E-state index in [0.29, 0.717) is 22.3 Å². The molecule has 0 aliphatic carbocycles. The second-order valence-corrected chi connectivity index (χ2v) is 6.96. The highest BCUT2D eigenvalue weighted by Gasteiger charge is 2.20. The molecule has 7 heteroatoms. The van der Waals surface area contributed by atoms with Crippen molar-refractivity contribution in [2.24, 2.45) is 0 Å². The summed E-state index contributed by atoms with van der Waals surface area (Å²) in [6.07, 6.45) is -0.746. The quantitative estimate of drug-likeness (QED) is 0.754. The summed E-state index contributed by atoms with van der Waals surface area (Å²) in [7, 11) is 3.74. The molecule has 2 aromatic carbocycles. The van der Waals surface area contributed by atoms with Crippen molar-refractivity contribution in [2.45, 2.75) is 19.1 Å². The fraction of sp³-hybridized carbons (Fsp3) is 0.316. The first-order valence-electron chi connectivity index (χ1n) is 8.09. The van der Waals surface area contributed by atoms with Crippen LogP contribution in [-0.4, -0.2) is 37.6 Å². The lowest BCUT2D eigenvalue weighted by Gasteiger charge is -2.26. The molecule has 4 nitrogen and oxygen atoms in total. The number of hydrogen-bond donors (Lipinski definition) is 1. The van der Waals surface area contributed by atoms with Gasteiger partial charge in [-0.2, -0.15) is 0 Å². The molecule has 0 spiro atoms. The Kier molecular flexibility index (Phi) is 7.26. The van der Waals surface area contributed by atoms with Gasteiger partial charge in [-0.25, -0.2) is 4.39 Å². The van der Waals surface area contributed by atoms with Crippen LogP contribution in [0.1, 0.15) is 18.5 Å². The molecule has 26 heavy (non-hydrogen) atoms. The molecule has 140 valence electrons. The normalized spacial score (nSPS) is 13.3. The lowest BCUT2D eigenvalue weighted by atomic mass is 10.1. The number of amides is 1. The first-order valence-corrected chi connectivity index (χ1v) is 8.85. The number of carbonyl (C=O) groups is 1. The maximum Gasteiger partial charge on any atom is 0.260 e. The molecule has 2 atom stereocenters. The van der Waals surface area contributed by atoms with Gasteiger partial charge >= 0.3 is 0 Å². The minimum Gasteiger partial charge on any atom is -0.479 e. The Hall–Kier alpha value is -1.82. The van der Waals surface area contributed by atoms with Crippen LogP contribution in [-0.2, 0) is 4.79 Å². The molecule has 0 aliphatic rings. The second kappa shape index (κ2) is 9.21. The summed E-state index contributed by atoms with van der Waals surface area (Å²) in [5.74, 6) is -0.220. The average molecular weight is 399 g/mol. The van der Waals surface area contributed by atoms with Crippen molar-refractivity contribution in [3.8, 4) is 5.75 Å². The Labute approximate surface area is 162 Å². The lowest BCUT2D eigenvalue weighted by molar-refractivity contribution is -0.127. The van der Waals surface area contributed by atoms with E-state index in [0.717, 1.165) is 5.56 Å². The van der Waals surface area contributed by atoms with Crippen molar-refractivity contribution in [1.82, 2.24) is 10.2 Å². The number of halogens is 3. The van der Waals surface area contributed by atoms with Crippen LogP contribution in [0, 0.1) is 5.82 Å². The molecule has 2 rings (SSSR count). The van der Waals surface area contributed by atoms with Crippen LogP contribution in [0.25, 0.3) is 0 Å². The number of carbonyl (C=O) groups excluding carboxylic acids is 1. The Balaban J connectivity index is 1.99. The molecule has 1 N–H and O–H groups in total. The van der Waals surface area contributed by atoms with Crippen molar-refractivity contribution < 1.29 is 13.9 Å². The largest absolute Gasteiger partial charge is 0.479 e. The topological polar surface area (TPSA) is 41.6 Å². The molecule has 0 aliphatic heterocycles. The van der Waals surface area contributed by atoms with Crippen LogP contribution in [0.3, 0.4) is 0 Å². The molecular weight excluding hydrogens is 378 g/mol. The van der Waals surface area contributed by atoms with Crippen LogP contribution in [0.4, 0.5) is 4.39 Å². The van der Waals surface area contributed by atoms with Crippen molar-refractivity contribution >= 4 is 29.1 Å². The maximum absolute atomic E-state index is 13.5. The van der Waals surface area contributed by atoms with Crippen molar-refractivity contribution in [3.05, 3.63) is 63.9 Å². The maximum atomic E-state index is 13.5. The van der Waals surface area contributed by atoms with Gasteiger partial charge in [0.2, 0.25) is 0 Å². The molecular formula is C19H21Cl2FN2O2. The summed E-state index contributed by atoms with van der Waals surface area (Å²) in [5.41, 5.74) is 0.782. The fourth-order valence-electron chi connectivity index (χ4n) is 2.47. The van der Waals surface area contributed by atoms with E-state index in [1.165, 1.54) is 12.1 Å². The Bertz CT molecular complexity index is 771. The van der Waals surface area contributed by atoms with E-state index in [-0.39, 0.29) is 17.8 Å². The number of nitrogens with one attached hydrogen (secondary N) is 1. The van der Waals surface area contributed by atoms with Crippen LogP contribution in [0.5, 0.6) is 5.75 Å². The number of nitrogens with zero attached hydrogens (tertiary/aromatic N) is 1. The number of ether oxygens (including phenoxy) is 1. The SMILES string of the molecule is CC(Oc1ccc(Cl)cc1Cl)C(=O)NCC(c1cccc(F)c1)N(C)C. The number of likely N-dealkylation sites (N-methyl/N-ethyl adjacent to an activating group) is 1. The molecule has 0 bridgehead atoms. The molecule has 0 aromatic heterocycles. The van der Waals surface area contributed by atoms with Crippen LogP contribution in [0.2, 0.25) is 10.0 Å². The average Bonchev–Trinajstić information content (AvgIpc) is 2.57. The Morgan fingerprint density at radius 1 is 1.23 bits per heavy atom. The van der Waals surface area contributed by atoms with E-state index in [2.05, 4.69) is 5.32 Å². The van der Waals surface area contributed by atoms with Gasteiger partial charge in [-0.1, -0.05) is 35.3 Å². The highest BCUT2D eigenvalue weighted by atomic mass is 35.5. The molecule has 2 aromatic rings. The summed E-state index contributed by atoms with van der Waals surface area (Å²) in [6, 6.07) is 11.0. The van der Waals surface area contributed by atoms with Gasteiger partial charge in [0, 0.05) is 11.6 Å². The molecule has 0 fully saturated rings. The molecule has 2 unspecified atom stereocenters. The van der Waals surface area contributed by atoms with Gasteiger partial charge in [0.15, 0.2) is 6.10 Å². The summed E-state index contributed by atoms with van der Waals surface area (Å²) >= 11 is 11.9. The molecule has 0 radical (unpaired) electrons. The van der Waals surface area contributed by atoms with Gasteiger partial charge in [0.1, 0.15) is 11.6 Å². The monoisotopic (exact) mass is 398 g/mol. The lowest BCUT2D eigenvalue weighted by Crippen LogP contribution is -2.41. The summed E-state index contributed by atoms with van der Waals surface area (Å²) in [6.45, 7) is 1.95. The van der Waals surface area contributed by atoms with Gasteiger partial charge in [0.25, 0.3) is 5.91 Å². The van der Waals surface area contributed by atoms with E-state index in [4.69, 9.17) is 27.9 Å². The van der Waals surface area contributed by atoms with Gasteiger partial charge < -0.3 is 15.0 Å². The minimum atomic E-state index is -0.746. The van der Waals surface area contributed by atoms with Gasteiger partial charge in [-0.3, -0.25) is 4.79 Å². The Morgan fingerprint density at radius 3 is 2.58 bits per heavy atom. The summed E-state index contributed by atoms with van der Waals surface area (Å²) in [4.78, 5) is 14.3. The zero-order valence-electron chi connectivity index (χ0n) is 14.8. The van der Waals surface area contributed by atoms with Crippen molar-refractivity contribution in [2.75, 3.05) is 20.6 Å². The van der Waals surface area contributed by atoms with E-state index in [9.17, 15) is 9.18 Å². The minimum absolute atomic E-state index is 0.166. The standard InChI is InChI=1S/C19H21Cl2FN2O2/c1-12(26-18-8-7-14(20)10-16(18)21)19(25)23-11-17(24(2)3)13-5-4-6-15(22)9-13/h4-10,12,17H,11H2,1-3H3,(H,23,25). The highest BCUT2D eigenvalue weighted by molar-refractivity contribution is 6.35. The third-order valence-corrected chi connectivity index (χ3v) is 4.42. The van der Waals surface area contributed by atoms with Crippen LogP contribution in [0.15, 0.2) is 42.5 Å². The fourth-order valence-corrected chi connectivity index (χ4v) is 2.92. The zero-order chi connectivity index (χ0) is 19.3. The molecule has 0 saturated heterocycles. The van der Waals surface area contributed by atoms with E-state index < -0.39 is 6.10 Å².